The smallest absolute Gasteiger partial charge is 0.230 e. The molecule has 5 rings (SSSR count). The van der Waals surface area contributed by atoms with Crippen molar-refractivity contribution in [3.63, 3.8) is 0 Å². The Labute approximate surface area is 138 Å². The van der Waals surface area contributed by atoms with Crippen LogP contribution >= 0.6 is 11.3 Å². The highest BCUT2D eigenvalue weighted by molar-refractivity contribution is 7.19. The lowest BCUT2D eigenvalue weighted by Gasteiger charge is -2.27. The third-order valence-corrected chi connectivity index (χ3v) is 6.13. The van der Waals surface area contributed by atoms with Crippen LogP contribution in [0, 0.1) is 5.92 Å². The van der Waals surface area contributed by atoms with E-state index in [1.807, 2.05) is 15.9 Å². The highest BCUT2D eigenvalue weighted by Gasteiger charge is 2.26. The summed E-state index contributed by atoms with van der Waals surface area (Å²) in [7, 11) is 0. The summed E-state index contributed by atoms with van der Waals surface area (Å²) >= 11 is 1.85. The van der Waals surface area contributed by atoms with Crippen LogP contribution in [0.1, 0.15) is 23.8 Å². The molecule has 0 unspecified atom stereocenters. The first kappa shape index (κ1) is 13.7. The Kier molecular flexibility index (Phi) is 3.06. The lowest BCUT2D eigenvalue weighted by atomic mass is 9.89. The molecule has 0 aromatic carbocycles. The fourth-order valence-electron chi connectivity index (χ4n) is 3.72. The third-order valence-electron chi connectivity index (χ3n) is 4.95. The van der Waals surface area contributed by atoms with E-state index in [0.717, 1.165) is 55.1 Å². The molecule has 0 spiro atoms. The number of rotatable bonds is 1. The van der Waals surface area contributed by atoms with Crippen LogP contribution in [0.25, 0.3) is 15.9 Å². The number of anilines is 1. The van der Waals surface area contributed by atoms with Crippen molar-refractivity contribution in [3.05, 3.63) is 16.8 Å². The first-order valence-electron chi connectivity index (χ1n) is 8.28. The SMILES string of the molecule is C[C@H]1CCc2sc3nc(N4CCOCC4)n4ncnc4c3c2C1. The minimum Gasteiger partial charge on any atom is -0.378 e. The van der Waals surface area contributed by atoms with E-state index in [9.17, 15) is 0 Å². The second-order valence-electron chi connectivity index (χ2n) is 6.54. The van der Waals surface area contributed by atoms with Crippen LogP contribution < -0.4 is 4.90 Å². The van der Waals surface area contributed by atoms with Gasteiger partial charge in [-0.05, 0) is 30.7 Å². The van der Waals surface area contributed by atoms with Gasteiger partial charge in [-0.3, -0.25) is 0 Å². The Morgan fingerprint density at radius 3 is 3.04 bits per heavy atom. The summed E-state index contributed by atoms with van der Waals surface area (Å²) in [6.07, 6.45) is 5.23. The Hall–Kier alpha value is -1.73. The molecule has 6 nitrogen and oxygen atoms in total. The van der Waals surface area contributed by atoms with Crippen molar-refractivity contribution < 1.29 is 4.74 Å². The van der Waals surface area contributed by atoms with Crippen LogP contribution in [-0.2, 0) is 17.6 Å². The van der Waals surface area contributed by atoms with E-state index in [-0.39, 0.29) is 0 Å². The molecule has 1 atom stereocenters. The molecular weight excluding hydrogens is 310 g/mol. The number of hydrogen-bond acceptors (Lipinski definition) is 6. The number of thiophene rings is 1. The zero-order valence-corrected chi connectivity index (χ0v) is 14.0. The van der Waals surface area contributed by atoms with E-state index in [2.05, 4.69) is 21.9 Å². The average Bonchev–Trinajstić information content (AvgIpc) is 3.18. The summed E-state index contributed by atoms with van der Waals surface area (Å²) in [5.74, 6) is 1.64. The summed E-state index contributed by atoms with van der Waals surface area (Å²) in [5, 5.41) is 5.68. The molecule has 2 aliphatic rings. The number of fused-ring (bicyclic) bond motifs is 5. The molecule has 7 heteroatoms. The van der Waals surface area contributed by atoms with Gasteiger partial charge >= 0.3 is 0 Å². The maximum Gasteiger partial charge on any atom is 0.230 e. The largest absolute Gasteiger partial charge is 0.378 e. The first-order chi connectivity index (χ1) is 11.3. The molecular formula is C16H19N5OS. The van der Waals surface area contributed by atoms with E-state index < -0.39 is 0 Å². The predicted octanol–water partition coefficient (Wildman–Crippen LogP) is 2.30. The Bertz CT molecular complexity index is 879. The quantitative estimate of drug-likeness (QED) is 0.686. The molecule has 3 aromatic rings. The van der Waals surface area contributed by atoms with Crippen LogP contribution in [0.15, 0.2) is 6.33 Å². The van der Waals surface area contributed by atoms with Crippen molar-refractivity contribution in [2.45, 2.75) is 26.2 Å². The monoisotopic (exact) mass is 329 g/mol. The summed E-state index contributed by atoms with van der Waals surface area (Å²) in [6, 6.07) is 0. The molecule has 0 bridgehead atoms. The molecule has 120 valence electrons. The van der Waals surface area contributed by atoms with Gasteiger partial charge in [0.25, 0.3) is 0 Å². The van der Waals surface area contributed by atoms with Crippen LogP contribution in [0.5, 0.6) is 0 Å². The van der Waals surface area contributed by atoms with Crippen molar-refractivity contribution in [1.29, 1.82) is 0 Å². The zero-order chi connectivity index (χ0) is 15.4. The fraction of sp³-hybridized carbons (Fsp3) is 0.562. The second kappa shape index (κ2) is 5.14. The normalized spacial score (nSPS) is 22.0. The molecule has 4 heterocycles. The summed E-state index contributed by atoms with van der Waals surface area (Å²) in [5.41, 5.74) is 2.42. The van der Waals surface area contributed by atoms with E-state index in [1.54, 1.807) is 6.33 Å². The maximum atomic E-state index is 5.47. The van der Waals surface area contributed by atoms with E-state index >= 15 is 0 Å². The average molecular weight is 329 g/mol. The van der Waals surface area contributed by atoms with Gasteiger partial charge in [-0.2, -0.15) is 9.61 Å². The molecule has 1 aliphatic carbocycles. The van der Waals surface area contributed by atoms with Crippen LogP contribution in [0.4, 0.5) is 5.95 Å². The summed E-state index contributed by atoms with van der Waals surface area (Å²) in [6.45, 7) is 5.54. The van der Waals surface area contributed by atoms with Gasteiger partial charge < -0.3 is 9.64 Å². The molecule has 23 heavy (non-hydrogen) atoms. The molecule has 1 aliphatic heterocycles. The molecule has 0 radical (unpaired) electrons. The van der Waals surface area contributed by atoms with E-state index in [0.29, 0.717) is 0 Å². The lowest BCUT2D eigenvalue weighted by molar-refractivity contribution is 0.122. The van der Waals surface area contributed by atoms with Crippen molar-refractivity contribution >= 4 is 33.1 Å². The first-order valence-corrected chi connectivity index (χ1v) is 9.09. The predicted molar refractivity (Wildman–Crippen MR) is 90.4 cm³/mol. The number of ether oxygens (including phenoxy) is 1. The second-order valence-corrected chi connectivity index (χ2v) is 7.62. The van der Waals surface area contributed by atoms with Gasteiger partial charge in [0.05, 0.1) is 18.6 Å². The fourth-order valence-corrected chi connectivity index (χ4v) is 4.92. The Morgan fingerprint density at radius 1 is 1.30 bits per heavy atom. The van der Waals surface area contributed by atoms with Gasteiger partial charge in [0.1, 0.15) is 11.2 Å². The summed E-state index contributed by atoms with van der Waals surface area (Å²) in [4.78, 5) is 14.4. The van der Waals surface area contributed by atoms with Crippen LogP contribution in [0.3, 0.4) is 0 Å². The van der Waals surface area contributed by atoms with Gasteiger partial charge in [-0.15, -0.1) is 11.3 Å². The molecule has 1 saturated heterocycles. The van der Waals surface area contributed by atoms with Crippen LogP contribution in [-0.4, -0.2) is 45.9 Å². The number of hydrogen-bond donors (Lipinski definition) is 0. The Balaban J connectivity index is 1.76. The molecule has 3 aromatic heterocycles. The zero-order valence-electron chi connectivity index (χ0n) is 13.2. The van der Waals surface area contributed by atoms with Crippen molar-refractivity contribution in [3.8, 4) is 0 Å². The minimum atomic E-state index is 0.738. The number of aryl methyl sites for hydroxylation is 1. The number of morpholine rings is 1. The van der Waals surface area contributed by atoms with Crippen molar-refractivity contribution in [2.24, 2.45) is 5.92 Å². The molecule has 0 amide bonds. The van der Waals surface area contributed by atoms with Crippen LogP contribution in [0.2, 0.25) is 0 Å². The lowest BCUT2D eigenvalue weighted by Crippen LogP contribution is -2.38. The molecule has 1 fully saturated rings. The van der Waals surface area contributed by atoms with Crippen molar-refractivity contribution in [2.75, 3.05) is 31.2 Å². The third kappa shape index (κ3) is 2.06. The minimum absolute atomic E-state index is 0.738. The van der Waals surface area contributed by atoms with Gasteiger partial charge in [-0.1, -0.05) is 6.92 Å². The Morgan fingerprint density at radius 2 is 2.17 bits per heavy atom. The topological polar surface area (TPSA) is 55.6 Å². The number of nitrogens with zero attached hydrogens (tertiary/aromatic N) is 5. The van der Waals surface area contributed by atoms with Gasteiger partial charge in [0.2, 0.25) is 5.95 Å². The number of aromatic nitrogens is 4. The van der Waals surface area contributed by atoms with Gasteiger partial charge in [-0.25, -0.2) is 9.97 Å². The highest BCUT2D eigenvalue weighted by Crippen LogP contribution is 2.39. The summed E-state index contributed by atoms with van der Waals surface area (Å²) < 4.78 is 7.38. The highest BCUT2D eigenvalue weighted by atomic mass is 32.1. The maximum absolute atomic E-state index is 5.47. The van der Waals surface area contributed by atoms with Gasteiger partial charge in [0, 0.05) is 18.0 Å². The van der Waals surface area contributed by atoms with Crippen molar-refractivity contribution in [1.82, 2.24) is 19.6 Å². The van der Waals surface area contributed by atoms with E-state index in [4.69, 9.17) is 9.72 Å². The standard InChI is InChI=1S/C16H19N5OS/c1-10-2-3-12-11(8-10)13-14-17-9-18-21(14)16(19-15(13)23-12)20-4-6-22-7-5-20/h9-10H,2-8H2,1H3/t10-/m0/s1. The molecule has 0 saturated carbocycles. The molecule has 0 N–H and O–H groups in total. The van der Waals surface area contributed by atoms with Gasteiger partial charge in [0.15, 0.2) is 5.65 Å². The van der Waals surface area contributed by atoms with E-state index in [1.165, 1.54) is 28.7 Å².